The van der Waals surface area contributed by atoms with E-state index in [1.165, 1.54) is 16.4 Å². The number of nitrogens with zero attached hydrogens (tertiary/aromatic N) is 5. The summed E-state index contributed by atoms with van der Waals surface area (Å²) in [7, 11) is 1.79. The Morgan fingerprint density at radius 3 is 2.54 bits per heavy atom. The smallest absolute Gasteiger partial charge is 0.295 e. The van der Waals surface area contributed by atoms with Crippen molar-refractivity contribution in [2.24, 2.45) is 7.05 Å². The van der Waals surface area contributed by atoms with Crippen molar-refractivity contribution in [3.8, 4) is 5.69 Å². The Balaban J connectivity index is 1.47. The lowest BCUT2D eigenvalue weighted by atomic mass is 10.1. The Morgan fingerprint density at radius 2 is 1.86 bits per heavy atom. The maximum absolute atomic E-state index is 13.0. The van der Waals surface area contributed by atoms with Gasteiger partial charge in [-0.05, 0) is 36.8 Å². The maximum Gasteiger partial charge on any atom is 0.295 e. The second kappa shape index (κ2) is 10.8. The number of hydrogen-bond acceptors (Lipinski definition) is 5. The van der Waals surface area contributed by atoms with E-state index in [1.807, 2.05) is 59.2 Å². The molecule has 0 fully saturated rings. The quantitative estimate of drug-likeness (QED) is 0.270. The van der Waals surface area contributed by atoms with Crippen molar-refractivity contribution in [3.05, 3.63) is 99.7 Å². The van der Waals surface area contributed by atoms with Crippen LogP contribution >= 0.6 is 23.4 Å². The van der Waals surface area contributed by atoms with Gasteiger partial charge in [0.15, 0.2) is 5.16 Å². The first-order valence-electron chi connectivity index (χ1n) is 10.9. The summed E-state index contributed by atoms with van der Waals surface area (Å²) in [5.74, 6) is 0.545. The molecule has 8 nitrogen and oxygen atoms in total. The summed E-state index contributed by atoms with van der Waals surface area (Å²) in [5.41, 5.74) is 2.42. The third-order valence-corrected chi connectivity index (χ3v) is 6.75. The zero-order valence-corrected chi connectivity index (χ0v) is 21.0. The van der Waals surface area contributed by atoms with Gasteiger partial charge in [0.25, 0.3) is 5.56 Å². The van der Waals surface area contributed by atoms with E-state index >= 15 is 0 Å². The van der Waals surface area contributed by atoms with E-state index in [0.29, 0.717) is 28.8 Å². The highest BCUT2D eigenvalue weighted by atomic mass is 35.5. The first-order valence-corrected chi connectivity index (χ1v) is 12.3. The van der Waals surface area contributed by atoms with Gasteiger partial charge < -0.3 is 9.88 Å². The van der Waals surface area contributed by atoms with Gasteiger partial charge >= 0.3 is 0 Å². The van der Waals surface area contributed by atoms with Crippen molar-refractivity contribution < 1.29 is 4.79 Å². The summed E-state index contributed by atoms with van der Waals surface area (Å²) in [6.45, 7) is 6.13. The van der Waals surface area contributed by atoms with Crippen LogP contribution in [0.4, 0.5) is 5.69 Å². The van der Waals surface area contributed by atoms with Crippen LogP contribution in [0.2, 0.25) is 5.02 Å². The molecule has 35 heavy (non-hydrogen) atoms. The summed E-state index contributed by atoms with van der Waals surface area (Å²) in [6.07, 6.45) is 2.34. The van der Waals surface area contributed by atoms with Gasteiger partial charge in [-0.15, -0.1) is 16.8 Å². The Labute approximate surface area is 212 Å². The zero-order chi connectivity index (χ0) is 24.9. The van der Waals surface area contributed by atoms with E-state index < -0.39 is 0 Å². The molecule has 10 heteroatoms. The summed E-state index contributed by atoms with van der Waals surface area (Å²) < 4.78 is 5.18. The normalized spacial score (nSPS) is 10.9. The van der Waals surface area contributed by atoms with E-state index in [0.717, 1.165) is 17.1 Å². The van der Waals surface area contributed by atoms with Crippen LogP contribution in [0.1, 0.15) is 17.1 Å². The van der Waals surface area contributed by atoms with Gasteiger partial charge in [0.2, 0.25) is 5.91 Å². The molecule has 0 bridgehead atoms. The fourth-order valence-electron chi connectivity index (χ4n) is 3.67. The van der Waals surface area contributed by atoms with Crippen molar-refractivity contribution in [1.82, 2.24) is 24.1 Å². The molecular weight excluding hydrogens is 484 g/mol. The van der Waals surface area contributed by atoms with E-state index in [-0.39, 0.29) is 22.9 Å². The summed E-state index contributed by atoms with van der Waals surface area (Å²) in [5, 5.41) is 12.6. The van der Waals surface area contributed by atoms with Crippen LogP contribution in [-0.4, -0.2) is 35.8 Å². The standard InChI is InChI=1S/C25H25ClN6O2S/c1-4-14-31-21(15-18-10-12-19(26)13-11-18)28-29-25(31)35-16-22(33)27-23-17(2)30(3)32(24(23)34)20-8-6-5-7-9-20/h4-13H,1,14-16H2,2-3H3,(H,27,33). The Hall–Kier alpha value is -3.56. The molecule has 4 rings (SSSR count). The van der Waals surface area contributed by atoms with Crippen molar-refractivity contribution in [1.29, 1.82) is 0 Å². The minimum Gasteiger partial charge on any atom is -0.319 e. The van der Waals surface area contributed by atoms with Crippen molar-refractivity contribution >= 4 is 35.0 Å². The molecule has 0 aliphatic heterocycles. The molecule has 180 valence electrons. The van der Waals surface area contributed by atoms with Gasteiger partial charge in [0, 0.05) is 25.0 Å². The Kier molecular flexibility index (Phi) is 7.57. The van der Waals surface area contributed by atoms with Crippen LogP contribution in [0, 0.1) is 6.92 Å². The lowest BCUT2D eigenvalue weighted by Gasteiger charge is -2.08. The lowest BCUT2D eigenvalue weighted by molar-refractivity contribution is -0.113. The number of halogens is 1. The van der Waals surface area contributed by atoms with Gasteiger partial charge in [-0.1, -0.05) is 59.8 Å². The molecule has 0 saturated heterocycles. The van der Waals surface area contributed by atoms with Crippen LogP contribution in [0.15, 0.2) is 77.2 Å². The molecule has 2 heterocycles. The first kappa shape index (κ1) is 24.6. The number of anilines is 1. The molecule has 0 aliphatic carbocycles. The predicted molar refractivity (Wildman–Crippen MR) is 140 cm³/mol. The van der Waals surface area contributed by atoms with Gasteiger partial charge in [0.05, 0.1) is 17.1 Å². The Morgan fingerprint density at radius 1 is 1.14 bits per heavy atom. The predicted octanol–water partition coefficient (Wildman–Crippen LogP) is 4.24. The maximum atomic E-state index is 13.0. The van der Waals surface area contributed by atoms with Gasteiger partial charge in [-0.25, -0.2) is 4.68 Å². The minimum absolute atomic E-state index is 0.0787. The third-order valence-electron chi connectivity index (χ3n) is 5.53. The molecular formula is C25H25ClN6O2S. The van der Waals surface area contributed by atoms with Gasteiger partial charge in [-0.3, -0.25) is 14.3 Å². The highest BCUT2D eigenvalue weighted by Crippen LogP contribution is 2.21. The van der Waals surface area contributed by atoms with Gasteiger partial charge in [-0.2, -0.15) is 0 Å². The van der Waals surface area contributed by atoms with Crippen LogP contribution in [0.3, 0.4) is 0 Å². The molecule has 4 aromatic rings. The third kappa shape index (κ3) is 5.41. The van der Waals surface area contributed by atoms with Crippen LogP contribution < -0.4 is 10.9 Å². The van der Waals surface area contributed by atoms with E-state index in [2.05, 4.69) is 22.1 Å². The number of para-hydroxylation sites is 1. The molecule has 1 N–H and O–H groups in total. The number of nitrogens with one attached hydrogen (secondary N) is 1. The molecule has 2 aromatic carbocycles. The molecule has 0 unspecified atom stereocenters. The monoisotopic (exact) mass is 508 g/mol. The average Bonchev–Trinajstić information content (AvgIpc) is 3.33. The number of allylic oxidation sites excluding steroid dienone is 1. The van der Waals surface area contributed by atoms with Crippen LogP contribution in [0.25, 0.3) is 5.69 Å². The fourth-order valence-corrected chi connectivity index (χ4v) is 4.56. The molecule has 0 atom stereocenters. The van der Waals surface area contributed by atoms with Crippen LogP contribution in [-0.2, 0) is 24.8 Å². The molecule has 0 radical (unpaired) electrons. The van der Waals surface area contributed by atoms with Crippen molar-refractivity contribution in [2.45, 2.75) is 25.0 Å². The summed E-state index contributed by atoms with van der Waals surface area (Å²) in [6, 6.07) is 16.9. The zero-order valence-electron chi connectivity index (χ0n) is 19.4. The summed E-state index contributed by atoms with van der Waals surface area (Å²) >= 11 is 7.24. The molecule has 0 aliphatic rings. The van der Waals surface area contributed by atoms with E-state index in [9.17, 15) is 9.59 Å². The molecule has 2 aromatic heterocycles. The first-order chi connectivity index (χ1) is 16.9. The van der Waals surface area contributed by atoms with Crippen molar-refractivity contribution in [3.63, 3.8) is 0 Å². The number of benzene rings is 2. The number of aromatic nitrogens is 5. The molecule has 0 saturated carbocycles. The van der Waals surface area contributed by atoms with E-state index in [1.54, 1.807) is 24.7 Å². The number of carbonyl (C=O) groups excluding carboxylic acids is 1. The molecule has 0 spiro atoms. The minimum atomic E-state index is -0.298. The van der Waals surface area contributed by atoms with E-state index in [4.69, 9.17) is 11.6 Å². The average molecular weight is 509 g/mol. The highest BCUT2D eigenvalue weighted by Gasteiger charge is 2.19. The fraction of sp³-hybridized carbons (Fsp3) is 0.200. The number of rotatable bonds is 9. The Bertz CT molecular complexity index is 1410. The number of carbonyl (C=O) groups is 1. The number of thioether (sulfide) groups is 1. The van der Waals surface area contributed by atoms with Crippen molar-refractivity contribution in [2.75, 3.05) is 11.1 Å². The topological polar surface area (TPSA) is 86.7 Å². The molecule has 1 amide bonds. The van der Waals surface area contributed by atoms with Gasteiger partial charge in [0.1, 0.15) is 11.5 Å². The second-order valence-electron chi connectivity index (χ2n) is 7.87. The largest absolute Gasteiger partial charge is 0.319 e. The highest BCUT2D eigenvalue weighted by molar-refractivity contribution is 7.99. The number of hydrogen-bond donors (Lipinski definition) is 1. The SMILES string of the molecule is C=CCn1c(Cc2ccc(Cl)cc2)nnc1SCC(=O)Nc1c(C)n(C)n(-c2ccccc2)c1=O. The van der Waals surface area contributed by atoms with Crippen LogP contribution in [0.5, 0.6) is 0 Å². The summed E-state index contributed by atoms with van der Waals surface area (Å²) in [4.78, 5) is 25.8. The second-order valence-corrected chi connectivity index (χ2v) is 9.25. The number of amides is 1. The lowest BCUT2D eigenvalue weighted by Crippen LogP contribution is -2.23.